The first-order valence-corrected chi connectivity index (χ1v) is 5.90. The Balaban J connectivity index is 2.12. The van der Waals surface area contributed by atoms with Crippen molar-refractivity contribution in [3.8, 4) is 0 Å². The van der Waals surface area contributed by atoms with Crippen molar-refractivity contribution < 1.29 is 5.11 Å². The Kier molecular flexibility index (Phi) is 5.53. The van der Waals surface area contributed by atoms with Gasteiger partial charge in [-0.25, -0.2) is 0 Å². The Bertz CT molecular complexity index is 167. The van der Waals surface area contributed by atoms with Crippen LogP contribution in [-0.4, -0.2) is 73.4 Å². The first kappa shape index (κ1) is 12.9. The minimum Gasteiger partial charge on any atom is -0.390 e. The lowest BCUT2D eigenvalue weighted by molar-refractivity contribution is 0.0792. The molecule has 1 fully saturated rings. The summed E-state index contributed by atoms with van der Waals surface area (Å²) in [5.74, 6) is 0. The molecule has 1 unspecified atom stereocenters. The van der Waals surface area contributed by atoms with E-state index in [0.29, 0.717) is 12.6 Å². The van der Waals surface area contributed by atoms with Crippen molar-refractivity contribution in [3.63, 3.8) is 0 Å². The van der Waals surface area contributed by atoms with E-state index in [9.17, 15) is 5.11 Å². The Morgan fingerprint density at radius 2 is 1.80 bits per heavy atom. The second-order valence-electron chi connectivity index (χ2n) is 4.82. The molecule has 15 heavy (non-hydrogen) atoms. The average molecular weight is 215 g/mol. The number of nitrogens with one attached hydrogen (secondary N) is 1. The smallest absolute Gasteiger partial charge is 0.0791 e. The summed E-state index contributed by atoms with van der Waals surface area (Å²) in [5, 5.41) is 13.1. The van der Waals surface area contributed by atoms with Crippen molar-refractivity contribution in [3.05, 3.63) is 0 Å². The molecule has 1 rings (SSSR count). The van der Waals surface area contributed by atoms with Crippen LogP contribution in [0.4, 0.5) is 0 Å². The van der Waals surface area contributed by atoms with Crippen LogP contribution in [0.2, 0.25) is 0 Å². The van der Waals surface area contributed by atoms with Gasteiger partial charge < -0.3 is 15.3 Å². The fourth-order valence-electron chi connectivity index (χ4n) is 1.76. The number of rotatable bonds is 5. The number of likely N-dealkylation sites (N-methyl/N-ethyl adjacent to an activating group) is 1. The van der Waals surface area contributed by atoms with Gasteiger partial charge in [0.15, 0.2) is 0 Å². The van der Waals surface area contributed by atoms with Crippen LogP contribution in [0.15, 0.2) is 0 Å². The molecular formula is C11H25N3O. The second kappa shape index (κ2) is 6.43. The molecule has 1 atom stereocenters. The summed E-state index contributed by atoms with van der Waals surface area (Å²) in [7, 11) is 2.15. The van der Waals surface area contributed by atoms with Gasteiger partial charge in [0.25, 0.3) is 0 Å². The number of hydrogen-bond acceptors (Lipinski definition) is 4. The zero-order valence-corrected chi connectivity index (χ0v) is 10.2. The minimum atomic E-state index is -0.240. The summed E-state index contributed by atoms with van der Waals surface area (Å²) >= 11 is 0. The summed E-state index contributed by atoms with van der Waals surface area (Å²) in [4.78, 5) is 4.67. The summed E-state index contributed by atoms with van der Waals surface area (Å²) in [6.45, 7) is 10.1. The van der Waals surface area contributed by atoms with Crippen molar-refractivity contribution in [1.29, 1.82) is 0 Å². The summed E-state index contributed by atoms with van der Waals surface area (Å²) in [6.07, 6.45) is -0.240. The van der Waals surface area contributed by atoms with E-state index in [2.05, 4.69) is 36.0 Å². The normalized spacial score (nSPS) is 22.2. The molecule has 1 heterocycles. The number of β-amino-alcohol motifs (C(OH)–C–C–N with tert-alkyl or cyclic N) is 1. The van der Waals surface area contributed by atoms with Gasteiger partial charge in [-0.2, -0.15) is 0 Å². The van der Waals surface area contributed by atoms with Crippen LogP contribution in [0, 0.1) is 0 Å². The molecule has 0 aromatic heterocycles. The Morgan fingerprint density at radius 3 is 2.33 bits per heavy atom. The van der Waals surface area contributed by atoms with Crippen LogP contribution in [0.3, 0.4) is 0 Å². The molecule has 0 saturated carbocycles. The van der Waals surface area contributed by atoms with Crippen LogP contribution >= 0.6 is 0 Å². The Morgan fingerprint density at radius 1 is 1.20 bits per heavy atom. The van der Waals surface area contributed by atoms with Gasteiger partial charge in [-0.15, -0.1) is 0 Å². The van der Waals surface area contributed by atoms with Crippen molar-refractivity contribution in [2.24, 2.45) is 0 Å². The molecule has 1 aliphatic heterocycles. The highest BCUT2D eigenvalue weighted by Gasteiger charge is 2.16. The summed E-state index contributed by atoms with van der Waals surface area (Å²) in [5.41, 5.74) is 0. The van der Waals surface area contributed by atoms with Gasteiger partial charge in [0.05, 0.1) is 6.10 Å². The molecule has 0 aromatic rings. The van der Waals surface area contributed by atoms with E-state index in [1.165, 1.54) is 0 Å². The molecule has 0 radical (unpaired) electrons. The fourth-order valence-corrected chi connectivity index (χ4v) is 1.76. The summed E-state index contributed by atoms with van der Waals surface area (Å²) < 4.78 is 0. The largest absolute Gasteiger partial charge is 0.390 e. The van der Waals surface area contributed by atoms with E-state index in [0.717, 1.165) is 32.7 Å². The third kappa shape index (κ3) is 5.47. The topological polar surface area (TPSA) is 38.7 Å². The third-order valence-electron chi connectivity index (χ3n) is 2.83. The van der Waals surface area contributed by atoms with E-state index in [1.54, 1.807) is 0 Å². The molecule has 0 amide bonds. The van der Waals surface area contributed by atoms with Gasteiger partial charge in [0.1, 0.15) is 0 Å². The molecule has 2 N–H and O–H groups in total. The van der Waals surface area contributed by atoms with E-state index in [-0.39, 0.29) is 6.10 Å². The predicted molar refractivity (Wildman–Crippen MR) is 63.1 cm³/mol. The quantitative estimate of drug-likeness (QED) is 0.654. The maximum atomic E-state index is 9.80. The maximum Gasteiger partial charge on any atom is 0.0791 e. The van der Waals surface area contributed by atoms with Crippen LogP contribution < -0.4 is 5.32 Å². The number of nitrogens with zero attached hydrogens (tertiary/aromatic N) is 2. The SMILES string of the molecule is CC(C)NCC(O)CN1CCN(C)CC1. The molecule has 4 nitrogen and oxygen atoms in total. The van der Waals surface area contributed by atoms with Gasteiger partial charge in [-0.3, -0.25) is 4.90 Å². The average Bonchev–Trinajstić information content (AvgIpc) is 2.19. The highest BCUT2D eigenvalue weighted by atomic mass is 16.3. The van der Waals surface area contributed by atoms with Gasteiger partial charge in [-0.1, -0.05) is 13.8 Å². The predicted octanol–water partition coefficient (Wildman–Crippen LogP) is -0.407. The standard InChI is InChI=1S/C11H25N3O/c1-10(2)12-8-11(15)9-14-6-4-13(3)5-7-14/h10-12,15H,4-9H2,1-3H3. The number of aliphatic hydroxyl groups is 1. The first-order valence-electron chi connectivity index (χ1n) is 5.90. The zero-order chi connectivity index (χ0) is 11.3. The highest BCUT2D eigenvalue weighted by Crippen LogP contribution is 2.00. The monoisotopic (exact) mass is 215 g/mol. The third-order valence-corrected chi connectivity index (χ3v) is 2.83. The van der Waals surface area contributed by atoms with Crippen LogP contribution in [0.25, 0.3) is 0 Å². The van der Waals surface area contributed by atoms with Gasteiger partial charge in [-0.05, 0) is 7.05 Å². The molecule has 0 bridgehead atoms. The number of hydrogen-bond donors (Lipinski definition) is 2. The highest BCUT2D eigenvalue weighted by molar-refractivity contribution is 4.73. The van der Waals surface area contributed by atoms with Crippen molar-refractivity contribution in [2.75, 3.05) is 46.3 Å². The molecule has 0 spiro atoms. The fraction of sp³-hybridized carbons (Fsp3) is 1.00. The lowest BCUT2D eigenvalue weighted by Crippen LogP contribution is -2.48. The van der Waals surface area contributed by atoms with Crippen molar-refractivity contribution in [1.82, 2.24) is 15.1 Å². The van der Waals surface area contributed by atoms with Gasteiger partial charge >= 0.3 is 0 Å². The van der Waals surface area contributed by atoms with E-state index >= 15 is 0 Å². The zero-order valence-electron chi connectivity index (χ0n) is 10.2. The summed E-state index contributed by atoms with van der Waals surface area (Å²) in [6, 6.07) is 0.451. The lowest BCUT2D eigenvalue weighted by atomic mass is 10.2. The van der Waals surface area contributed by atoms with Crippen LogP contribution in [0.1, 0.15) is 13.8 Å². The van der Waals surface area contributed by atoms with Gasteiger partial charge in [0.2, 0.25) is 0 Å². The van der Waals surface area contributed by atoms with E-state index in [1.807, 2.05) is 0 Å². The molecule has 1 saturated heterocycles. The van der Waals surface area contributed by atoms with Crippen LogP contribution in [0.5, 0.6) is 0 Å². The molecule has 0 aliphatic carbocycles. The Labute approximate surface area is 93.2 Å². The van der Waals surface area contributed by atoms with Crippen LogP contribution in [-0.2, 0) is 0 Å². The number of piperazine rings is 1. The molecule has 0 aromatic carbocycles. The van der Waals surface area contributed by atoms with E-state index in [4.69, 9.17) is 0 Å². The molecule has 4 heteroatoms. The lowest BCUT2D eigenvalue weighted by Gasteiger charge is -2.33. The molecular weight excluding hydrogens is 190 g/mol. The maximum absolute atomic E-state index is 9.80. The second-order valence-corrected chi connectivity index (χ2v) is 4.82. The Hall–Kier alpha value is -0.160. The molecule has 1 aliphatic rings. The first-order chi connectivity index (χ1) is 7.08. The van der Waals surface area contributed by atoms with Gasteiger partial charge in [0, 0.05) is 45.3 Å². The van der Waals surface area contributed by atoms with Crippen molar-refractivity contribution in [2.45, 2.75) is 26.0 Å². The number of aliphatic hydroxyl groups excluding tert-OH is 1. The van der Waals surface area contributed by atoms with E-state index < -0.39 is 0 Å². The minimum absolute atomic E-state index is 0.240. The van der Waals surface area contributed by atoms with Crippen molar-refractivity contribution >= 4 is 0 Å². The molecule has 90 valence electrons.